The molecule has 0 aliphatic carbocycles. The molecule has 7 heteroatoms. The zero-order valence-electron chi connectivity index (χ0n) is 9.04. The van der Waals surface area contributed by atoms with Crippen molar-refractivity contribution < 1.29 is 0 Å². The van der Waals surface area contributed by atoms with Gasteiger partial charge in [-0.15, -0.1) is 0 Å². The normalized spacial score (nSPS) is 13.7. The quantitative estimate of drug-likeness (QED) is 0.815. The lowest BCUT2D eigenvalue weighted by molar-refractivity contribution is 1.02. The van der Waals surface area contributed by atoms with Gasteiger partial charge in [-0.2, -0.15) is 11.8 Å². The molecule has 0 saturated heterocycles. The monoisotopic (exact) mass is 387 g/mol. The van der Waals surface area contributed by atoms with Crippen molar-refractivity contribution in [3.63, 3.8) is 0 Å². The van der Waals surface area contributed by atoms with Crippen LogP contribution in [0.4, 0.5) is 0 Å². The molecule has 3 heterocycles. The fourth-order valence-electron chi connectivity index (χ4n) is 1.76. The van der Waals surface area contributed by atoms with Gasteiger partial charge >= 0.3 is 0 Å². The zero-order valence-corrected chi connectivity index (χ0v) is 13.0. The Morgan fingerprint density at radius 3 is 2.94 bits per heavy atom. The minimum Gasteiger partial charge on any atom is -0.305 e. The minimum absolute atomic E-state index is 0.0587. The standard InChI is InChI=1S/C11H7Br2N3OS/c12-5-1-7(13)9(14-2-5)10-15-8-4-18-3-6(8)11(17)16-10/h1-2H,3-4H2,(H,15,16,17). The molecule has 0 spiro atoms. The van der Waals surface area contributed by atoms with Crippen molar-refractivity contribution in [1.29, 1.82) is 0 Å². The molecule has 18 heavy (non-hydrogen) atoms. The third-order valence-electron chi connectivity index (χ3n) is 2.62. The van der Waals surface area contributed by atoms with E-state index in [9.17, 15) is 4.79 Å². The first-order valence-corrected chi connectivity index (χ1v) is 7.90. The second-order valence-electron chi connectivity index (χ2n) is 3.82. The highest BCUT2D eigenvalue weighted by atomic mass is 79.9. The summed E-state index contributed by atoms with van der Waals surface area (Å²) in [5.41, 5.74) is 2.25. The zero-order chi connectivity index (χ0) is 12.7. The Morgan fingerprint density at radius 2 is 2.17 bits per heavy atom. The van der Waals surface area contributed by atoms with Crippen LogP contribution in [-0.4, -0.2) is 15.0 Å². The van der Waals surface area contributed by atoms with Crippen LogP contribution in [0.3, 0.4) is 0 Å². The summed E-state index contributed by atoms with van der Waals surface area (Å²) >= 11 is 8.48. The molecule has 92 valence electrons. The van der Waals surface area contributed by atoms with Crippen molar-refractivity contribution in [3.8, 4) is 11.5 Å². The number of aromatic amines is 1. The maximum atomic E-state index is 11.9. The van der Waals surface area contributed by atoms with Gasteiger partial charge in [0.1, 0.15) is 5.69 Å². The number of halogens is 2. The number of hydrogen-bond donors (Lipinski definition) is 1. The molecule has 1 N–H and O–H groups in total. The molecule has 0 unspecified atom stereocenters. The van der Waals surface area contributed by atoms with Crippen LogP contribution in [0.5, 0.6) is 0 Å². The smallest absolute Gasteiger partial charge is 0.255 e. The van der Waals surface area contributed by atoms with E-state index in [-0.39, 0.29) is 5.56 Å². The number of rotatable bonds is 1. The molecule has 1 aliphatic rings. The first kappa shape index (κ1) is 12.4. The van der Waals surface area contributed by atoms with Crippen LogP contribution in [0.25, 0.3) is 11.5 Å². The molecule has 0 amide bonds. The topological polar surface area (TPSA) is 58.6 Å². The van der Waals surface area contributed by atoms with Crippen LogP contribution in [0, 0.1) is 0 Å². The third-order valence-corrected chi connectivity index (χ3v) is 4.63. The van der Waals surface area contributed by atoms with Crippen LogP contribution in [0.15, 0.2) is 26.0 Å². The first-order chi connectivity index (χ1) is 8.65. The molecule has 0 aromatic carbocycles. The van der Waals surface area contributed by atoms with Crippen LogP contribution in [0.2, 0.25) is 0 Å². The highest BCUT2D eigenvalue weighted by Gasteiger charge is 2.19. The van der Waals surface area contributed by atoms with Gasteiger partial charge in [-0.1, -0.05) is 0 Å². The van der Waals surface area contributed by atoms with Crippen molar-refractivity contribution >= 4 is 43.6 Å². The average Bonchev–Trinajstić information content (AvgIpc) is 2.77. The van der Waals surface area contributed by atoms with E-state index in [1.54, 1.807) is 18.0 Å². The van der Waals surface area contributed by atoms with Gasteiger partial charge in [-0.25, -0.2) is 4.98 Å². The Balaban J connectivity index is 2.18. The van der Waals surface area contributed by atoms with E-state index in [1.165, 1.54) is 0 Å². The van der Waals surface area contributed by atoms with Gasteiger partial charge in [-0.3, -0.25) is 9.78 Å². The number of nitrogens with zero attached hydrogens (tertiary/aromatic N) is 2. The van der Waals surface area contributed by atoms with Crippen molar-refractivity contribution in [3.05, 3.63) is 42.8 Å². The fraction of sp³-hybridized carbons (Fsp3) is 0.182. The summed E-state index contributed by atoms with van der Waals surface area (Å²) in [4.78, 5) is 23.5. The number of aromatic nitrogens is 3. The fourth-order valence-corrected chi connectivity index (χ4v) is 3.97. The Bertz CT molecular complexity index is 686. The Labute approximate surface area is 124 Å². The van der Waals surface area contributed by atoms with Crippen molar-refractivity contribution in [2.45, 2.75) is 11.5 Å². The maximum Gasteiger partial charge on any atom is 0.255 e. The van der Waals surface area contributed by atoms with Crippen molar-refractivity contribution in [1.82, 2.24) is 15.0 Å². The van der Waals surface area contributed by atoms with Gasteiger partial charge in [-0.05, 0) is 37.9 Å². The molecule has 0 atom stereocenters. The highest BCUT2D eigenvalue weighted by molar-refractivity contribution is 9.11. The van der Waals surface area contributed by atoms with E-state index in [2.05, 4.69) is 46.8 Å². The minimum atomic E-state index is -0.0587. The summed E-state index contributed by atoms with van der Waals surface area (Å²) in [6.07, 6.45) is 1.68. The molecule has 2 aromatic rings. The van der Waals surface area contributed by atoms with Crippen molar-refractivity contribution in [2.75, 3.05) is 0 Å². The summed E-state index contributed by atoms with van der Waals surface area (Å²) in [5, 5.41) is 0. The lowest BCUT2D eigenvalue weighted by Gasteiger charge is -2.05. The van der Waals surface area contributed by atoms with Crippen LogP contribution >= 0.6 is 43.6 Å². The molecule has 0 radical (unpaired) electrons. The number of hydrogen-bond acceptors (Lipinski definition) is 4. The van der Waals surface area contributed by atoms with Gasteiger partial charge in [0, 0.05) is 32.2 Å². The van der Waals surface area contributed by atoms with Gasteiger partial charge < -0.3 is 4.98 Å². The van der Waals surface area contributed by atoms with Crippen LogP contribution in [-0.2, 0) is 11.5 Å². The lowest BCUT2D eigenvalue weighted by Crippen LogP contribution is -2.15. The average molecular weight is 389 g/mol. The van der Waals surface area contributed by atoms with E-state index in [1.807, 2.05) is 6.07 Å². The summed E-state index contributed by atoms with van der Waals surface area (Å²) in [5.74, 6) is 2.05. The van der Waals surface area contributed by atoms with Gasteiger partial charge in [0.05, 0.1) is 5.69 Å². The molecule has 4 nitrogen and oxygen atoms in total. The van der Waals surface area contributed by atoms with E-state index < -0.39 is 0 Å². The molecule has 2 aromatic heterocycles. The van der Waals surface area contributed by atoms with Crippen molar-refractivity contribution in [2.24, 2.45) is 0 Å². The van der Waals surface area contributed by atoms with E-state index in [0.29, 0.717) is 11.5 Å². The third kappa shape index (κ3) is 2.15. The van der Waals surface area contributed by atoms with E-state index >= 15 is 0 Å². The predicted octanol–water partition coefficient (Wildman–Crippen LogP) is 3.10. The van der Waals surface area contributed by atoms with Gasteiger partial charge in [0.25, 0.3) is 5.56 Å². The number of nitrogens with one attached hydrogen (secondary N) is 1. The number of H-pyrrole nitrogens is 1. The summed E-state index contributed by atoms with van der Waals surface area (Å²) in [7, 11) is 0. The number of thioether (sulfide) groups is 1. The Hall–Kier alpha value is -0.660. The lowest BCUT2D eigenvalue weighted by atomic mass is 10.2. The van der Waals surface area contributed by atoms with Crippen LogP contribution < -0.4 is 5.56 Å². The largest absolute Gasteiger partial charge is 0.305 e. The molecular weight excluding hydrogens is 382 g/mol. The molecule has 0 bridgehead atoms. The number of fused-ring (bicyclic) bond motifs is 1. The summed E-state index contributed by atoms with van der Waals surface area (Å²) < 4.78 is 1.67. The molecule has 0 saturated carbocycles. The Kier molecular flexibility index (Phi) is 3.29. The Morgan fingerprint density at radius 1 is 1.33 bits per heavy atom. The second kappa shape index (κ2) is 4.79. The summed E-state index contributed by atoms with van der Waals surface area (Å²) in [6, 6.07) is 1.88. The highest BCUT2D eigenvalue weighted by Crippen LogP contribution is 2.29. The van der Waals surface area contributed by atoms with Gasteiger partial charge in [0.2, 0.25) is 0 Å². The second-order valence-corrected chi connectivity index (χ2v) is 6.57. The van der Waals surface area contributed by atoms with Crippen LogP contribution in [0.1, 0.15) is 11.3 Å². The number of pyridine rings is 1. The predicted molar refractivity (Wildman–Crippen MR) is 78.5 cm³/mol. The first-order valence-electron chi connectivity index (χ1n) is 5.16. The maximum absolute atomic E-state index is 11.9. The van der Waals surface area contributed by atoms with E-state index in [0.717, 1.165) is 31.7 Å². The molecule has 0 fully saturated rings. The molecular formula is C11H7Br2N3OS. The summed E-state index contributed by atoms with van der Waals surface area (Å²) in [6.45, 7) is 0. The van der Waals surface area contributed by atoms with E-state index in [4.69, 9.17) is 0 Å². The SMILES string of the molecule is O=c1[nH]c(-c2ncc(Br)cc2Br)nc2c1CSC2. The molecule has 3 rings (SSSR count). The molecule has 1 aliphatic heterocycles. The van der Waals surface area contributed by atoms with Gasteiger partial charge in [0.15, 0.2) is 5.82 Å².